The van der Waals surface area contributed by atoms with Gasteiger partial charge in [-0.3, -0.25) is 4.79 Å². The van der Waals surface area contributed by atoms with Crippen molar-refractivity contribution < 1.29 is 9.18 Å². The Morgan fingerprint density at radius 1 is 1.25 bits per heavy atom. The fourth-order valence-electron chi connectivity index (χ4n) is 1.55. The standard InChI is InChI=1S/C14H11ClFN3O/c15-11-5-3-6-12(16)10(11)8-18-19-14(20)9-4-1-2-7-13(9)17/h1-8H,17H2,(H,19,20)/b18-8+. The maximum atomic E-state index is 13.5. The fourth-order valence-corrected chi connectivity index (χ4v) is 1.77. The second kappa shape index (κ2) is 6.16. The third kappa shape index (κ3) is 3.13. The van der Waals surface area contributed by atoms with Crippen molar-refractivity contribution in [3.63, 3.8) is 0 Å². The summed E-state index contributed by atoms with van der Waals surface area (Å²) in [7, 11) is 0. The van der Waals surface area contributed by atoms with Crippen LogP contribution in [0.5, 0.6) is 0 Å². The molecule has 0 aliphatic heterocycles. The molecule has 0 heterocycles. The number of hydrazone groups is 1. The minimum absolute atomic E-state index is 0.107. The lowest BCUT2D eigenvalue weighted by molar-refractivity contribution is 0.0956. The molecule has 0 aromatic heterocycles. The number of nitrogen functional groups attached to an aromatic ring is 1. The highest BCUT2D eigenvalue weighted by molar-refractivity contribution is 6.33. The van der Waals surface area contributed by atoms with E-state index < -0.39 is 11.7 Å². The smallest absolute Gasteiger partial charge is 0.273 e. The van der Waals surface area contributed by atoms with E-state index in [9.17, 15) is 9.18 Å². The monoisotopic (exact) mass is 291 g/mol. The number of nitrogens with zero attached hydrogens (tertiary/aromatic N) is 1. The molecule has 2 rings (SSSR count). The van der Waals surface area contributed by atoms with E-state index in [1.54, 1.807) is 24.3 Å². The molecular formula is C14H11ClFN3O. The average molecular weight is 292 g/mol. The van der Waals surface area contributed by atoms with Gasteiger partial charge in [-0.05, 0) is 24.3 Å². The van der Waals surface area contributed by atoms with Crippen molar-refractivity contribution in [2.75, 3.05) is 5.73 Å². The Bertz CT molecular complexity index is 653. The maximum Gasteiger partial charge on any atom is 0.273 e. The van der Waals surface area contributed by atoms with Gasteiger partial charge in [-0.25, -0.2) is 9.82 Å². The molecule has 0 spiro atoms. The number of hydrogen-bond acceptors (Lipinski definition) is 3. The first-order valence-corrected chi connectivity index (χ1v) is 6.09. The predicted molar refractivity (Wildman–Crippen MR) is 77.3 cm³/mol. The van der Waals surface area contributed by atoms with Crippen molar-refractivity contribution in [2.45, 2.75) is 0 Å². The minimum atomic E-state index is -0.519. The molecule has 0 radical (unpaired) electrons. The van der Waals surface area contributed by atoms with Crippen LogP contribution in [-0.4, -0.2) is 12.1 Å². The van der Waals surface area contributed by atoms with Gasteiger partial charge in [0.2, 0.25) is 0 Å². The number of nitrogens with one attached hydrogen (secondary N) is 1. The predicted octanol–water partition coefficient (Wildman–Crippen LogP) is 2.83. The van der Waals surface area contributed by atoms with Crippen LogP contribution in [0.2, 0.25) is 5.02 Å². The molecule has 0 fully saturated rings. The summed E-state index contributed by atoms with van der Waals surface area (Å²) in [6.45, 7) is 0. The Balaban J connectivity index is 2.11. The lowest BCUT2D eigenvalue weighted by atomic mass is 10.2. The molecule has 0 unspecified atom stereocenters. The van der Waals surface area contributed by atoms with Crippen LogP contribution in [-0.2, 0) is 0 Å². The Morgan fingerprint density at radius 3 is 2.70 bits per heavy atom. The molecule has 2 aromatic carbocycles. The summed E-state index contributed by atoms with van der Waals surface area (Å²) in [5.41, 5.74) is 8.67. The van der Waals surface area contributed by atoms with Crippen molar-refractivity contribution in [3.8, 4) is 0 Å². The van der Waals surface area contributed by atoms with Crippen LogP contribution >= 0.6 is 11.6 Å². The van der Waals surface area contributed by atoms with Crippen molar-refractivity contribution in [2.24, 2.45) is 5.10 Å². The number of hydrogen-bond donors (Lipinski definition) is 2. The molecule has 0 saturated heterocycles. The van der Waals surface area contributed by atoms with Gasteiger partial charge in [0.05, 0.1) is 16.8 Å². The van der Waals surface area contributed by atoms with Crippen LogP contribution < -0.4 is 11.2 Å². The quantitative estimate of drug-likeness (QED) is 0.519. The van der Waals surface area contributed by atoms with E-state index in [-0.39, 0.29) is 10.6 Å². The van der Waals surface area contributed by atoms with Crippen LogP contribution in [0.3, 0.4) is 0 Å². The van der Waals surface area contributed by atoms with E-state index in [4.69, 9.17) is 17.3 Å². The molecule has 0 atom stereocenters. The third-order valence-electron chi connectivity index (χ3n) is 2.56. The molecule has 2 aromatic rings. The molecule has 20 heavy (non-hydrogen) atoms. The normalized spacial score (nSPS) is 10.7. The number of halogens is 2. The topological polar surface area (TPSA) is 67.5 Å². The highest BCUT2D eigenvalue weighted by Crippen LogP contribution is 2.16. The number of rotatable bonds is 3. The van der Waals surface area contributed by atoms with Gasteiger partial charge in [0.25, 0.3) is 5.91 Å². The van der Waals surface area contributed by atoms with Gasteiger partial charge in [-0.15, -0.1) is 0 Å². The number of anilines is 1. The lowest BCUT2D eigenvalue weighted by Crippen LogP contribution is -2.19. The van der Waals surface area contributed by atoms with E-state index >= 15 is 0 Å². The molecule has 0 saturated carbocycles. The second-order valence-electron chi connectivity index (χ2n) is 3.92. The van der Waals surface area contributed by atoms with E-state index in [1.165, 1.54) is 18.2 Å². The number of amides is 1. The Morgan fingerprint density at radius 2 is 2.00 bits per heavy atom. The average Bonchev–Trinajstić information content (AvgIpc) is 2.42. The molecule has 6 heteroatoms. The summed E-state index contributed by atoms with van der Waals surface area (Å²) in [5, 5.41) is 3.89. The van der Waals surface area contributed by atoms with Crippen molar-refractivity contribution in [3.05, 3.63) is 64.4 Å². The van der Waals surface area contributed by atoms with Gasteiger partial charge in [-0.2, -0.15) is 5.10 Å². The van der Waals surface area contributed by atoms with Crippen LogP contribution in [0.4, 0.5) is 10.1 Å². The SMILES string of the molecule is Nc1ccccc1C(=O)N/N=C/c1c(F)cccc1Cl. The van der Waals surface area contributed by atoms with Gasteiger partial charge >= 0.3 is 0 Å². The maximum absolute atomic E-state index is 13.5. The van der Waals surface area contributed by atoms with Crippen molar-refractivity contribution in [1.82, 2.24) is 5.43 Å². The van der Waals surface area contributed by atoms with E-state index in [0.717, 1.165) is 6.21 Å². The van der Waals surface area contributed by atoms with Crippen molar-refractivity contribution >= 4 is 29.4 Å². The van der Waals surface area contributed by atoms with Gasteiger partial charge in [0.1, 0.15) is 5.82 Å². The molecule has 102 valence electrons. The van der Waals surface area contributed by atoms with E-state index in [0.29, 0.717) is 11.3 Å². The Labute approximate surface area is 120 Å². The number of nitrogens with two attached hydrogens (primary N) is 1. The van der Waals surface area contributed by atoms with E-state index in [2.05, 4.69) is 10.5 Å². The molecule has 1 amide bonds. The fraction of sp³-hybridized carbons (Fsp3) is 0. The zero-order valence-electron chi connectivity index (χ0n) is 10.3. The number of carbonyl (C=O) groups excluding carboxylic acids is 1. The summed E-state index contributed by atoms with van der Waals surface area (Å²) in [6.07, 6.45) is 1.15. The largest absolute Gasteiger partial charge is 0.398 e. The van der Waals surface area contributed by atoms with Crippen LogP contribution in [0.1, 0.15) is 15.9 Å². The lowest BCUT2D eigenvalue weighted by Gasteiger charge is -2.03. The molecule has 0 aliphatic carbocycles. The highest BCUT2D eigenvalue weighted by atomic mass is 35.5. The van der Waals surface area contributed by atoms with Gasteiger partial charge < -0.3 is 5.73 Å². The molecule has 4 nitrogen and oxygen atoms in total. The highest BCUT2D eigenvalue weighted by Gasteiger charge is 2.08. The molecule has 3 N–H and O–H groups in total. The van der Waals surface area contributed by atoms with Gasteiger partial charge in [-0.1, -0.05) is 29.8 Å². The van der Waals surface area contributed by atoms with Gasteiger partial charge in [0.15, 0.2) is 0 Å². The summed E-state index contributed by atoms with van der Waals surface area (Å²) >= 11 is 5.82. The Kier molecular flexibility index (Phi) is 4.32. The van der Waals surface area contributed by atoms with Crippen LogP contribution in [0.15, 0.2) is 47.6 Å². The molecular weight excluding hydrogens is 281 g/mol. The molecule has 0 aliphatic rings. The zero-order chi connectivity index (χ0) is 14.5. The van der Waals surface area contributed by atoms with E-state index in [1.807, 2.05) is 0 Å². The Hall–Kier alpha value is -2.40. The zero-order valence-corrected chi connectivity index (χ0v) is 11.1. The minimum Gasteiger partial charge on any atom is -0.398 e. The number of benzene rings is 2. The molecule has 0 bridgehead atoms. The van der Waals surface area contributed by atoms with Crippen LogP contribution in [0.25, 0.3) is 0 Å². The third-order valence-corrected chi connectivity index (χ3v) is 2.89. The van der Waals surface area contributed by atoms with Crippen molar-refractivity contribution in [1.29, 1.82) is 0 Å². The van der Waals surface area contributed by atoms with Gasteiger partial charge in [0, 0.05) is 11.3 Å². The summed E-state index contributed by atoms with van der Waals surface area (Å²) in [6, 6.07) is 10.8. The summed E-state index contributed by atoms with van der Waals surface area (Å²) in [4.78, 5) is 11.8. The number of para-hydroxylation sites is 1. The first kappa shape index (κ1) is 14.0. The van der Waals surface area contributed by atoms with Crippen LogP contribution in [0, 0.1) is 5.82 Å². The second-order valence-corrected chi connectivity index (χ2v) is 4.33. The first-order chi connectivity index (χ1) is 9.59. The number of carbonyl (C=O) groups is 1. The summed E-state index contributed by atoms with van der Waals surface area (Å²) in [5.74, 6) is -0.999. The first-order valence-electron chi connectivity index (χ1n) is 5.71. The summed E-state index contributed by atoms with van der Waals surface area (Å²) < 4.78 is 13.5.